The van der Waals surface area contributed by atoms with E-state index in [4.69, 9.17) is 0 Å². The number of fused-ring (bicyclic) bond motifs is 1. The van der Waals surface area contributed by atoms with Gasteiger partial charge in [-0.05, 0) is 69.1 Å². The van der Waals surface area contributed by atoms with Crippen LogP contribution in [0, 0.1) is 5.92 Å². The van der Waals surface area contributed by atoms with Crippen LogP contribution in [0.3, 0.4) is 0 Å². The van der Waals surface area contributed by atoms with Gasteiger partial charge in [0.2, 0.25) is 0 Å². The van der Waals surface area contributed by atoms with Gasteiger partial charge in [0.1, 0.15) is 5.75 Å². The zero-order valence-electron chi connectivity index (χ0n) is 15.2. The first kappa shape index (κ1) is 16.6. The van der Waals surface area contributed by atoms with Crippen molar-refractivity contribution in [3.05, 3.63) is 65.7 Å². The number of benzene rings is 2. The van der Waals surface area contributed by atoms with Gasteiger partial charge in [-0.25, -0.2) is 0 Å². The van der Waals surface area contributed by atoms with Crippen LogP contribution in [0.25, 0.3) is 0 Å². The minimum atomic E-state index is 0.310. The van der Waals surface area contributed by atoms with Gasteiger partial charge in [-0.2, -0.15) is 0 Å². The van der Waals surface area contributed by atoms with Crippen molar-refractivity contribution in [3.8, 4) is 5.75 Å². The highest BCUT2D eigenvalue weighted by atomic mass is 16.3. The molecule has 1 aliphatic heterocycles. The first-order valence-corrected chi connectivity index (χ1v) is 9.33. The highest BCUT2D eigenvalue weighted by Crippen LogP contribution is 2.56. The first-order valence-electron chi connectivity index (χ1n) is 9.33. The van der Waals surface area contributed by atoms with Crippen molar-refractivity contribution < 1.29 is 5.11 Å². The van der Waals surface area contributed by atoms with Gasteiger partial charge < -0.3 is 10.0 Å². The lowest BCUT2D eigenvalue weighted by atomic mass is 9.88. The maximum atomic E-state index is 9.59. The van der Waals surface area contributed by atoms with Crippen LogP contribution in [-0.4, -0.2) is 47.1 Å². The van der Waals surface area contributed by atoms with E-state index in [1.807, 2.05) is 12.1 Å². The summed E-state index contributed by atoms with van der Waals surface area (Å²) in [5.41, 5.74) is 3.02. The van der Waals surface area contributed by atoms with Gasteiger partial charge in [0.15, 0.2) is 0 Å². The molecule has 3 heteroatoms. The summed E-state index contributed by atoms with van der Waals surface area (Å²) >= 11 is 0. The Balaban J connectivity index is 1.61. The number of phenolic OH excluding ortho intramolecular Hbond substituents is 1. The van der Waals surface area contributed by atoms with E-state index in [2.05, 4.69) is 66.4 Å². The lowest BCUT2D eigenvalue weighted by Crippen LogP contribution is -2.56. The Kier molecular flexibility index (Phi) is 4.30. The molecule has 0 spiro atoms. The molecule has 2 aliphatic rings. The number of aromatic hydroxyl groups is 1. The average Bonchev–Trinajstić information content (AvgIpc) is 3.36. The van der Waals surface area contributed by atoms with E-state index < -0.39 is 0 Å². The van der Waals surface area contributed by atoms with Gasteiger partial charge in [0, 0.05) is 18.1 Å². The van der Waals surface area contributed by atoms with Crippen LogP contribution in [0.1, 0.15) is 24.0 Å². The van der Waals surface area contributed by atoms with Gasteiger partial charge in [-0.15, -0.1) is 0 Å². The Morgan fingerprint density at radius 3 is 2.44 bits per heavy atom. The second-order valence-corrected chi connectivity index (χ2v) is 7.92. The summed E-state index contributed by atoms with van der Waals surface area (Å²) in [4.78, 5) is 5.16. The molecule has 25 heavy (non-hydrogen) atoms. The fraction of sp³-hybridized carbons (Fsp3) is 0.455. The Morgan fingerprint density at radius 1 is 1.04 bits per heavy atom. The Labute approximate surface area is 150 Å². The third-order valence-corrected chi connectivity index (χ3v) is 6.33. The normalized spacial score (nSPS) is 28.8. The third kappa shape index (κ3) is 3.07. The molecule has 0 amide bonds. The van der Waals surface area contributed by atoms with Crippen LogP contribution >= 0.6 is 0 Å². The van der Waals surface area contributed by atoms with E-state index in [9.17, 15) is 5.11 Å². The first-order chi connectivity index (χ1) is 12.1. The number of hydrogen-bond donors (Lipinski definition) is 1. The van der Waals surface area contributed by atoms with Crippen molar-refractivity contribution in [2.75, 3.05) is 20.6 Å². The van der Waals surface area contributed by atoms with Crippen molar-refractivity contribution in [2.24, 2.45) is 5.92 Å². The van der Waals surface area contributed by atoms with Gasteiger partial charge in [0.05, 0.1) is 0 Å². The van der Waals surface area contributed by atoms with E-state index in [-0.39, 0.29) is 0 Å². The molecule has 2 fully saturated rings. The Hall–Kier alpha value is -1.84. The molecular formula is C22H28N2O. The SMILES string of the molecule is CN(C)[C@]12C[C@H]1CCN(Cc1ccccc1)[C@H]2Cc1ccc(O)cc1. The fourth-order valence-electron chi connectivity index (χ4n) is 4.90. The maximum absolute atomic E-state index is 9.59. The quantitative estimate of drug-likeness (QED) is 0.905. The number of likely N-dealkylation sites (tertiary alicyclic amines) is 1. The fourth-order valence-corrected chi connectivity index (χ4v) is 4.90. The summed E-state index contributed by atoms with van der Waals surface area (Å²) in [6.07, 6.45) is 3.66. The number of piperidine rings is 1. The lowest BCUT2D eigenvalue weighted by molar-refractivity contribution is 0.0443. The zero-order chi connectivity index (χ0) is 17.4. The minimum Gasteiger partial charge on any atom is -0.508 e. The van der Waals surface area contributed by atoms with Crippen LogP contribution in [0.5, 0.6) is 5.75 Å². The number of hydrogen-bond acceptors (Lipinski definition) is 3. The summed E-state index contributed by atoms with van der Waals surface area (Å²) in [6.45, 7) is 2.20. The molecule has 0 radical (unpaired) electrons. The Bertz CT molecular complexity index is 713. The summed E-state index contributed by atoms with van der Waals surface area (Å²) < 4.78 is 0. The molecule has 132 valence electrons. The zero-order valence-corrected chi connectivity index (χ0v) is 15.2. The van der Waals surface area contributed by atoms with E-state index in [1.54, 1.807) is 0 Å². The predicted molar refractivity (Wildman–Crippen MR) is 102 cm³/mol. The monoisotopic (exact) mass is 336 g/mol. The molecule has 3 atom stereocenters. The van der Waals surface area contributed by atoms with Crippen molar-refractivity contribution in [2.45, 2.75) is 37.4 Å². The van der Waals surface area contributed by atoms with Gasteiger partial charge in [0.25, 0.3) is 0 Å². The van der Waals surface area contributed by atoms with Crippen molar-refractivity contribution in [1.29, 1.82) is 0 Å². The topological polar surface area (TPSA) is 26.7 Å². The molecule has 1 aliphatic carbocycles. The van der Waals surface area contributed by atoms with Crippen LogP contribution < -0.4 is 0 Å². The summed E-state index contributed by atoms with van der Waals surface area (Å²) in [7, 11) is 4.49. The van der Waals surface area contributed by atoms with E-state index in [0.717, 1.165) is 18.9 Å². The van der Waals surface area contributed by atoms with Crippen molar-refractivity contribution in [3.63, 3.8) is 0 Å². The molecule has 1 saturated heterocycles. The number of rotatable bonds is 5. The molecule has 1 N–H and O–H groups in total. The molecule has 2 aromatic carbocycles. The van der Waals surface area contributed by atoms with E-state index in [0.29, 0.717) is 17.3 Å². The highest BCUT2D eigenvalue weighted by Gasteiger charge is 2.63. The van der Waals surface area contributed by atoms with Gasteiger partial charge in [-0.3, -0.25) is 4.90 Å². The molecule has 0 unspecified atom stereocenters. The number of nitrogens with zero attached hydrogens (tertiary/aromatic N) is 2. The van der Waals surface area contributed by atoms with Gasteiger partial charge in [-0.1, -0.05) is 42.5 Å². The highest BCUT2D eigenvalue weighted by molar-refractivity contribution is 5.30. The third-order valence-electron chi connectivity index (χ3n) is 6.33. The average molecular weight is 336 g/mol. The molecule has 2 aromatic rings. The van der Waals surface area contributed by atoms with Crippen LogP contribution in [0.15, 0.2) is 54.6 Å². The molecule has 1 saturated carbocycles. The smallest absolute Gasteiger partial charge is 0.115 e. The largest absolute Gasteiger partial charge is 0.508 e. The van der Waals surface area contributed by atoms with E-state index in [1.165, 1.54) is 30.5 Å². The lowest BCUT2D eigenvalue weighted by Gasteiger charge is -2.45. The summed E-state index contributed by atoms with van der Waals surface area (Å²) in [5.74, 6) is 1.18. The number of phenols is 1. The molecule has 0 bridgehead atoms. The molecule has 1 heterocycles. The standard InChI is InChI=1S/C22H28N2O/c1-23(2)22-15-19(22)12-13-24(16-18-6-4-3-5-7-18)21(22)14-17-8-10-20(25)11-9-17/h3-11,19,21,25H,12-16H2,1-2H3/t19-,21+,22-/m1/s1. The second-order valence-electron chi connectivity index (χ2n) is 7.92. The molecular weight excluding hydrogens is 308 g/mol. The van der Waals surface area contributed by atoms with Crippen LogP contribution in [0.2, 0.25) is 0 Å². The van der Waals surface area contributed by atoms with Crippen LogP contribution in [0.4, 0.5) is 0 Å². The molecule has 3 nitrogen and oxygen atoms in total. The summed E-state index contributed by atoms with van der Waals surface area (Å²) in [6, 6.07) is 19.1. The second kappa shape index (κ2) is 6.47. The van der Waals surface area contributed by atoms with E-state index >= 15 is 0 Å². The predicted octanol–water partition coefficient (Wildman–Crippen LogP) is 3.53. The van der Waals surface area contributed by atoms with Crippen LogP contribution in [-0.2, 0) is 13.0 Å². The maximum Gasteiger partial charge on any atom is 0.115 e. The summed E-state index contributed by atoms with van der Waals surface area (Å²) in [5, 5.41) is 9.59. The molecule has 4 rings (SSSR count). The van der Waals surface area contributed by atoms with Crippen molar-refractivity contribution >= 4 is 0 Å². The van der Waals surface area contributed by atoms with Crippen molar-refractivity contribution in [1.82, 2.24) is 9.80 Å². The Morgan fingerprint density at radius 2 is 1.76 bits per heavy atom. The number of likely N-dealkylation sites (N-methyl/N-ethyl adjacent to an activating group) is 1. The van der Waals surface area contributed by atoms with Gasteiger partial charge >= 0.3 is 0 Å². The molecule has 0 aromatic heterocycles. The minimum absolute atomic E-state index is 0.310.